The SMILES string of the molecule is CC1(C)c2ccccc2-c2cc(N(c3ccc4c(c3)-c3ccccc3C43CC4CCC3C4)c3cccc4c3-c3ccccc3C43C4CC5CC(C4)CC3C5)ccc21. The van der Waals surface area contributed by atoms with E-state index in [0.717, 1.165) is 35.5 Å². The van der Waals surface area contributed by atoms with E-state index >= 15 is 0 Å². The van der Waals surface area contributed by atoms with E-state index in [1.807, 2.05) is 0 Å². The highest BCUT2D eigenvalue weighted by Crippen LogP contribution is 2.71. The van der Waals surface area contributed by atoms with E-state index in [0.29, 0.717) is 0 Å². The number of benzene rings is 6. The van der Waals surface area contributed by atoms with Gasteiger partial charge in [0.05, 0.1) is 5.69 Å². The average molecular weight is 738 g/mol. The van der Waals surface area contributed by atoms with Crippen LogP contribution in [0.4, 0.5) is 17.1 Å². The molecule has 15 rings (SSSR count). The monoisotopic (exact) mass is 737 g/mol. The molecule has 6 saturated carbocycles. The van der Waals surface area contributed by atoms with Gasteiger partial charge in [0.2, 0.25) is 0 Å². The Morgan fingerprint density at radius 1 is 0.439 bits per heavy atom. The molecule has 0 radical (unpaired) electrons. The molecule has 6 fully saturated rings. The largest absolute Gasteiger partial charge is 0.310 e. The Hall–Kier alpha value is -4.88. The van der Waals surface area contributed by atoms with Crippen molar-refractivity contribution < 1.29 is 0 Å². The molecule has 280 valence electrons. The van der Waals surface area contributed by atoms with Crippen molar-refractivity contribution in [3.8, 4) is 33.4 Å². The first-order chi connectivity index (χ1) is 27.9. The molecule has 9 aliphatic rings. The molecule has 0 N–H and O–H groups in total. The Balaban J connectivity index is 1.02. The van der Waals surface area contributed by atoms with E-state index in [-0.39, 0.29) is 16.2 Å². The summed E-state index contributed by atoms with van der Waals surface area (Å²) in [6.45, 7) is 4.81. The van der Waals surface area contributed by atoms with Gasteiger partial charge < -0.3 is 4.90 Å². The summed E-state index contributed by atoms with van der Waals surface area (Å²) in [6, 6.07) is 51.0. The van der Waals surface area contributed by atoms with E-state index in [1.54, 1.807) is 22.3 Å². The van der Waals surface area contributed by atoms with Gasteiger partial charge in [-0.05, 0) is 178 Å². The molecule has 0 saturated heterocycles. The van der Waals surface area contributed by atoms with Crippen LogP contribution in [0.2, 0.25) is 0 Å². The summed E-state index contributed by atoms with van der Waals surface area (Å²) in [7, 11) is 0. The molecule has 3 atom stereocenters. The van der Waals surface area contributed by atoms with Crippen molar-refractivity contribution in [1.82, 2.24) is 0 Å². The smallest absolute Gasteiger partial charge is 0.0543 e. The summed E-state index contributed by atoms with van der Waals surface area (Å²) >= 11 is 0. The second-order valence-corrected chi connectivity index (χ2v) is 20.5. The van der Waals surface area contributed by atoms with E-state index < -0.39 is 0 Å². The first-order valence-corrected chi connectivity index (χ1v) is 22.5. The maximum absolute atomic E-state index is 2.69. The van der Waals surface area contributed by atoms with Gasteiger partial charge in [0.1, 0.15) is 0 Å². The molecule has 3 unspecified atom stereocenters. The molecule has 6 bridgehead atoms. The van der Waals surface area contributed by atoms with Gasteiger partial charge in [0.15, 0.2) is 0 Å². The topological polar surface area (TPSA) is 3.24 Å². The van der Waals surface area contributed by atoms with Crippen LogP contribution in [-0.4, -0.2) is 0 Å². The van der Waals surface area contributed by atoms with Gasteiger partial charge in [0, 0.05) is 33.2 Å². The third-order valence-electron chi connectivity index (χ3n) is 17.9. The quantitative estimate of drug-likeness (QED) is 0.175. The summed E-state index contributed by atoms with van der Waals surface area (Å²) in [5.41, 5.74) is 22.2. The van der Waals surface area contributed by atoms with Gasteiger partial charge in [0.25, 0.3) is 0 Å². The summed E-state index contributed by atoms with van der Waals surface area (Å²) < 4.78 is 0. The predicted octanol–water partition coefficient (Wildman–Crippen LogP) is 14.3. The number of nitrogens with zero attached hydrogens (tertiary/aromatic N) is 1. The lowest BCUT2D eigenvalue weighted by atomic mass is 9.43. The standard InChI is InChI=1S/C56H51N/c1-54(2)46-13-6-3-10-41(46)44-30-39(20-22-47(44)54)57(40-21-23-49-45(31-40)42-11-4-7-14-48(42)55(49)32-33-18-19-36(55)25-33)52-17-9-16-51-53(52)43-12-5-8-15-50(43)56(51)37-26-34-24-35(28-37)29-38(56)27-34/h3-17,20-23,30-31,33-38H,18-19,24-29,32H2,1-2H3. The number of rotatable bonds is 3. The van der Waals surface area contributed by atoms with Gasteiger partial charge in [-0.2, -0.15) is 0 Å². The molecular formula is C56H51N. The molecule has 0 aliphatic heterocycles. The Morgan fingerprint density at radius 3 is 1.67 bits per heavy atom. The number of anilines is 3. The van der Waals surface area contributed by atoms with E-state index in [2.05, 4.69) is 146 Å². The lowest BCUT2D eigenvalue weighted by Gasteiger charge is -2.61. The van der Waals surface area contributed by atoms with Crippen LogP contribution in [0.5, 0.6) is 0 Å². The number of hydrogen-bond donors (Lipinski definition) is 0. The molecule has 6 aromatic rings. The van der Waals surface area contributed by atoms with Crippen LogP contribution in [0.3, 0.4) is 0 Å². The maximum Gasteiger partial charge on any atom is 0.0543 e. The molecule has 2 spiro atoms. The minimum atomic E-state index is -0.0274. The van der Waals surface area contributed by atoms with Gasteiger partial charge >= 0.3 is 0 Å². The predicted molar refractivity (Wildman–Crippen MR) is 234 cm³/mol. The van der Waals surface area contributed by atoms with Crippen LogP contribution in [0.1, 0.15) is 105 Å². The molecule has 9 aliphatic carbocycles. The third kappa shape index (κ3) is 3.80. The first kappa shape index (κ1) is 32.1. The minimum Gasteiger partial charge on any atom is -0.310 e. The summed E-state index contributed by atoms with van der Waals surface area (Å²) in [6.07, 6.45) is 12.6. The van der Waals surface area contributed by atoms with Gasteiger partial charge in [-0.1, -0.05) is 117 Å². The average Bonchev–Trinajstić information content (AvgIpc) is 4.03. The zero-order valence-electron chi connectivity index (χ0n) is 33.4. The van der Waals surface area contributed by atoms with Crippen LogP contribution in [-0.2, 0) is 16.2 Å². The number of fused-ring (bicyclic) bond motifs is 14. The second-order valence-electron chi connectivity index (χ2n) is 20.5. The van der Waals surface area contributed by atoms with Crippen molar-refractivity contribution in [2.45, 2.75) is 87.9 Å². The lowest BCUT2D eigenvalue weighted by molar-refractivity contribution is -0.0399. The molecule has 1 heteroatoms. The second kappa shape index (κ2) is 10.8. The van der Waals surface area contributed by atoms with Crippen molar-refractivity contribution in [2.24, 2.45) is 35.5 Å². The Kier molecular flexibility index (Phi) is 6.08. The molecule has 6 aromatic carbocycles. The summed E-state index contributed by atoms with van der Waals surface area (Å²) in [5, 5.41) is 0. The Labute approximate surface area is 338 Å². The number of hydrogen-bond acceptors (Lipinski definition) is 1. The molecular weight excluding hydrogens is 687 g/mol. The highest BCUT2D eigenvalue weighted by Gasteiger charge is 2.62. The van der Waals surface area contributed by atoms with E-state index in [1.165, 1.54) is 119 Å². The first-order valence-electron chi connectivity index (χ1n) is 22.5. The van der Waals surface area contributed by atoms with Crippen LogP contribution in [0.15, 0.2) is 127 Å². The minimum absolute atomic E-state index is 0.0274. The van der Waals surface area contributed by atoms with Crippen molar-refractivity contribution in [2.75, 3.05) is 4.90 Å². The van der Waals surface area contributed by atoms with Crippen molar-refractivity contribution in [3.63, 3.8) is 0 Å². The van der Waals surface area contributed by atoms with Crippen LogP contribution in [0.25, 0.3) is 33.4 Å². The maximum atomic E-state index is 2.69. The Morgan fingerprint density at radius 2 is 0.982 bits per heavy atom. The molecule has 0 heterocycles. The van der Waals surface area contributed by atoms with Crippen molar-refractivity contribution in [3.05, 3.63) is 161 Å². The highest BCUT2D eigenvalue weighted by atomic mass is 15.1. The molecule has 0 aromatic heterocycles. The van der Waals surface area contributed by atoms with Crippen molar-refractivity contribution in [1.29, 1.82) is 0 Å². The zero-order chi connectivity index (χ0) is 37.4. The zero-order valence-corrected chi connectivity index (χ0v) is 33.4. The van der Waals surface area contributed by atoms with E-state index in [9.17, 15) is 0 Å². The van der Waals surface area contributed by atoms with E-state index in [4.69, 9.17) is 0 Å². The molecule has 1 nitrogen and oxygen atoms in total. The third-order valence-corrected chi connectivity index (χ3v) is 17.9. The van der Waals surface area contributed by atoms with Crippen molar-refractivity contribution >= 4 is 17.1 Å². The summed E-state index contributed by atoms with van der Waals surface area (Å²) in [4.78, 5) is 2.69. The molecule has 0 amide bonds. The fourth-order valence-electron chi connectivity index (χ4n) is 16.2. The van der Waals surface area contributed by atoms with Gasteiger partial charge in [-0.3, -0.25) is 0 Å². The van der Waals surface area contributed by atoms with Crippen LogP contribution < -0.4 is 4.90 Å². The summed E-state index contributed by atoms with van der Waals surface area (Å²) in [5.74, 6) is 4.98. The molecule has 57 heavy (non-hydrogen) atoms. The normalized spacial score (nSPS) is 31.7. The van der Waals surface area contributed by atoms with Gasteiger partial charge in [-0.25, -0.2) is 0 Å². The Bertz CT molecular complexity index is 2700. The van der Waals surface area contributed by atoms with Crippen LogP contribution in [0, 0.1) is 35.5 Å². The van der Waals surface area contributed by atoms with Crippen LogP contribution >= 0.6 is 0 Å². The fraction of sp³-hybridized carbons (Fsp3) is 0.357. The highest BCUT2D eigenvalue weighted by molar-refractivity contribution is 5.97. The fourth-order valence-corrected chi connectivity index (χ4v) is 16.2. The lowest BCUT2D eigenvalue weighted by Crippen LogP contribution is -2.55. The van der Waals surface area contributed by atoms with Gasteiger partial charge in [-0.15, -0.1) is 0 Å².